The molecule has 0 spiro atoms. The molecular formula is C9H13NO2. The second-order valence-corrected chi connectivity index (χ2v) is 2.39. The van der Waals surface area contributed by atoms with E-state index < -0.39 is 0 Å². The Bertz CT molecular complexity index is 216. The molecule has 0 saturated carbocycles. The maximum Gasteiger partial charge on any atom is 0.122 e. The lowest BCUT2D eigenvalue weighted by Gasteiger charge is -2.03. The largest absolute Gasteiger partial charge is 0.494 e. The number of pyridine rings is 1. The molecule has 0 unspecified atom stereocenters. The van der Waals surface area contributed by atoms with Gasteiger partial charge in [-0.2, -0.15) is 0 Å². The van der Waals surface area contributed by atoms with Gasteiger partial charge in [0.2, 0.25) is 0 Å². The highest BCUT2D eigenvalue weighted by Crippen LogP contribution is 2.10. The summed E-state index contributed by atoms with van der Waals surface area (Å²) >= 11 is 0. The monoisotopic (exact) mass is 167 g/mol. The smallest absolute Gasteiger partial charge is 0.122 e. The Hall–Kier alpha value is -1.09. The van der Waals surface area contributed by atoms with Crippen LogP contribution in [0, 0.1) is 0 Å². The van der Waals surface area contributed by atoms with Gasteiger partial charge in [0.1, 0.15) is 5.75 Å². The lowest BCUT2D eigenvalue weighted by Crippen LogP contribution is -1.96. The number of nitrogens with zero attached hydrogens (tertiary/aromatic N) is 1. The first-order valence-corrected chi connectivity index (χ1v) is 4.05. The maximum atomic E-state index is 8.66. The van der Waals surface area contributed by atoms with Crippen LogP contribution < -0.4 is 4.74 Å². The average molecular weight is 167 g/mol. The fraction of sp³-hybridized carbons (Fsp3) is 0.444. The summed E-state index contributed by atoms with van der Waals surface area (Å²) in [5.74, 6) is 0.816. The minimum absolute atomic E-state index is 0.128. The molecule has 1 aromatic heterocycles. The van der Waals surface area contributed by atoms with Gasteiger partial charge < -0.3 is 9.84 Å². The predicted octanol–water partition coefficient (Wildman–Crippen LogP) is 1.02. The van der Waals surface area contributed by atoms with E-state index in [1.54, 1.807) is 6.20 Å². The third-order valence-electron chi connectivity index (χ3n) is 1.47. The fourth-order valence-electron chi connectivity index (χ4n) is 0.964. The van der Waals surface area contributed by atoms with Crippen LogP contribution in [0.2, 0.25) is 0 Å². The van der Waals surface area contributed by atoms with Gasteiger partial charge in [0.05, 0.1) is 6.61 Å². The van der Waals surface area contributed by atoms with Gasteiger partial charge in [-0.15, -0.1) is 0 Å². The van der Waals surface area contributed by atoms with Gasteiger partial charge in [0, 0.05) is 31.0 Å². The molecule has 3 heteroatoms. The number of rotatable bonds is 4. The van der Waals surface area contributed by atoms with Crippen molar-refractivity contribution in [2.75, 3.05) is 13.2 Å². The molecule has 0 fully saturated rings. The van der Waals surface area contributed by atoms with Crippen molar-refractivity contribution in [3.63, 3.8) is 0 Å². The quantitative estimate of drug-likeness (QED) is 0.727. The molecule has 0 amide bonds. The van der Waals surface area contributed by atoms with Gasteiger partial charge in [0.15, 0.2) is 0 Å². The number of hydrogen-bond acceptors (Lipinski definition) is 3. The van der Waals surface area contributed by atoms with Crippen LogP contribution in [0.4, 0.5) is 0 Å². The normalized spacial score (nSPS) is 9.83. The lowest BCUT2D eigenvalue weighted by molar-refractivity contribution is 0.297. The minimum atomic E-state index is 0.128. The van der Waals surface area contributed by atoms with Gasteiger partial charge in [-0.05, 0) is 13.0 Å². The SMILES string of the molecule is CCOc1ccnc(CCO)c1. The van der Waals surface area contributed by atoms with Crippen LogP contribution in [0.15, 0.2) is 18.3 Å². The van der Waals surface area contributed by atoms with E-state index in [4.69, 9.17) is 9.84 Å². The van der Waals surface area contributed by atoms with Crippen LogP contribution in [-0.4, -0.2) is 23.3 Å². The van der Waals surface area contributed by atoms with Crippen molar-refractivity contribution in [3.05, 3.63) is 24.0 Å². The Morgan fingerprint density at radius 1 is 1.58 bits per heavy atom. The molecule has 12 heavy (non-hydrogen) atoms. The second kappa shape index (κ2) is 4.72. The summed E-state index contributed by atoms with van der Waals surface area (Å²) in [6.07, 6.45) is 2.27. The molecule has 0 saturated heterocycles. The topological polar surface area (TPSA) is 42.4 Å². The summed E-state index contributed by atoms with van der Waals surface area (Å²) in [6, 6.07) is 3.66. The van der Waals surface area contributed by atoms with E-state index in [9.17, 15) is 0 Å². The maximum absolute atomic E-state index is 8.66. The van der Waals surface area contributed by atoms with E-state index in [2.05, 4.69) is 4.98 Å². The Balaban J connectivity index is 2.67. The van der Waals surface area contributed by atoms with Gasteiger partial charge in [0.25, 0.3) is 0 Å². The zero-order valence-electron chi connectivity index (χ0n) is 7.16. The minimum Gasteiger partial charge on any atom is -0.494 e. The first-order valence-electron chi connectivity index (χ1n) is 4.05. The Morgan fingerprint density at radius 2 is 2.42 bits per heavy atom. The average Bonchev–Trinajstić information content (AvgIpc) is 2.06. The molecule has 0 aliphatic heterocycles. The van der Waals surface area contributed by atoms with Gasteiger partial charge >= 0.3 is 0 Å². The van der Waals surface area contributed by atoms with Crippen molar-refractivity contribution < 1.29 is 9.84 Å². The van der Waals surface area contributed by atoms with Crippen LogP contribution >= 0.6 is 0 Å². The second-order valence-electron chi connectivity index (χ2n) is 2.39. The molecule has 1 heterocycles. The van der Waals surface area contributed by atoms with Crippen LogP contribution in [0.3, 0.4) is 0 Å². The van der Waals surface area contributed by atoms with Gasteiger partial charge in [-0.3, -0.25) is 4.98 Å². The molecule has 0 radical (unpaired) electrons. The van der Waals surface area contributed by atoms with Crippen LogP contribution in [0.25, 0.3) is 0 Å². The molecule has 66 valence electrons. The number of aromatic nitrogens is 1. The highest BCUT2D eigenvalue weighted by atomic mass is 16.5. The van der Waals surface area contributed by atoms with Crippen molar-refractivity contribution in [1.29, 1.82) is 0 Å². The van der Waals surface area contributed by atoms with Crippen molar-refractivity contribution in [1.82, 2.24) is 4.98 Å². The Kier molecular flexibility index (Phi) is 3.54. The van der Waals surface area contributed by atoms with E-state index in [1.165, 1.54) is 0 Å². The molecule has 1 aromatic rings. The Labute approximate surface area is 72.0 Å². The molecule has 0 aromatic carbocycles. The summed E-state index contributed by atoms with van der Waals surface area (Å²) < 4.78 is 5.27. The first-order chi connectivity index (χ1) is 5.86. The van der Waals surface area contributed by atoms with Crippen molar-refractivity contribution in [3.8, 4) is 5.75 Å². The zero-order valence-corrected chi connectivity index (χ0v) is 7.16. The van der Waals surface area contributed by atoms with Gasteiger partial charge in [-0.25, -0.2) is 0 Å². The summed E-state index contributed by atoms with van der Waals surface area (Å²) in [6.45, 7) is 2.72. The van der Waals surface area contributed by atoms with E-state index in [1.807, 2.05) is 19.1 Å². The lowest BCUT2D eigenvalue weighted by atomic mass is 10.3. The third kappa shape index (κ3) is 2.51. The molecule has 0 aliphatic rings. The number of aliphatic hydroxyl groups excluding tert-OH is 1. The van der Waals surface area contributed by atoms with Gasteiger partial charge in [-0.1, -0.05) is 0 Å². The van der Waals surface area contributed by atoms with E-state index in [0.29, 0.717) is 13.0 Å². The summed E-state index contributed by atoms with van der Waals surface area (Å²) in [5.41, 5.74) is 0.864. The summed E-state index contributed by atoms with van der Waals surface area (Å²) in [4.78, 5) is 4.07. The number of aliphatic hydroxyl groups is 1. The molecule has 0 aliphatic carbocycles. The highest BCUT2D eigenvalue weighted by molar-refractivity contribution is 5.22. The molecule has 0 atom stereocenters. The van der Waals surface area contributed by atoms with Crippen molar-refractivity contribution in [2.24, 2.45) is 0 Å². The van der Waals surface area contributed by atoms with E-state index >= 15 is 0 Å². The third-order valence-corrected chi connectivity index (χ3v) is 1.47. The fourth-order valence-corrected chi connectivity index (χ4v) is 0.964. The first kappa shape index (κ1) is 9.00. The van der Waals surface area contributed by atoms with Crippen molar-refractivity contribution in [2.45, 2.75) is 13.3 Å². The Morgan fingerprint density at radius 3 is 3.08 bits per heavy atom. The van der Waals surface area contributed by atoms with Crippen LogP contribution in [0.1, 0.15) is 12.6 Å². The predicted molar refractivity (Wildman–Crippen MR) is 46.2 cm³/mol. The zero-order chi connectivity index (χ0) is 8.81. The van der Waals surface area contributed by atoms with E-state index in [0.717, 1.165) is 11.4 Å². The molecule has 1 rings (SSSR count). The number of ether oxygens (including phenoxy) is 1. The van der Waals surface area contributed by atoms with Crippen LogP contribution in [0.5, 0.6) is 5.75 Å². The van der Waals surface area contributed by atoms with Crippen molar-refractivity contribution >= 4 is 0 Å². The highest BCUT2D eigenvalue weighted by Gasteiger charge is 1.95. The molecule has 3 nitrogen and oxygen atoms in total. The molecule has 1 N–H and O–H groups in total. The summed E-state index contributed by atoms with van der Waals surface area (Å²) in [7, 11) is 0. The number of hydrogen-bond donors (Lipinski definition) is 1. The van der Waals surface area contributed by atoms with E-state index in [-0.39, 0.29) is 6.61 Å². The standard InChI is InChI=1S/C9H13NO2/c1-2-12-9-3-5-10-8(7-9)4-6-11/h3,5,7,11H,2,4,6H2,1H3. The van der Waals surface area contributed by atoms with Crippen LogP contribution in [-0.2, 0) is 6.42 Å². The summed E-state index contributed by atoms with van der Waals surface area (Å²) in [5, 5.41) is 8.66. The molecule has 0 bridgehead atoms. The molecular weight excluding hydrogens is 154 g/mol.